The van der Waals surface area contributed by atoms with Gasteiger partial charge in [0.25, 0.3) is 0 Å². The van der Waals surface area contributed by atoms with Crippen LogP contribution in [0.15, 0.2) is 18.5 Å². The molecule has 0 radical (unpaired) electrons. The molecule has 5 heteroatoms. The molecule has 84 valence electrons. The first kappa shape index (κ1) is 10.1. The summed E-state index contributed by atoms with van der Waals surface area (Å²) in [4.78, 5) is 15.0. The molecule has 3 rings (SSSR count). The zero-order valence-corrected chi connectivity index (χ0v) is 9.19. The average Bonchev–Trinajstić information content (AvgIpc) is 2.83. The fraction of sp³-hybridized carbons (Fsp3) is 0.455. The Kier molecular flexibility index (Phi) is 2.16. The van der Waals surface area contributed by atoms with Gasteiger partial charge in [-0.2, -0.15) is 0 Å². The minimum atomic E-state index is -0.693. The Labute approximate surface area is 97.6 Å². The molecule has 1 saturated heterocycles. The second-order valence-corrected chi connectivity index (χ2v) is 4.80. The minimum absolute atomic E-state index is 0.0484. The molecule has 4 nitrogen and oxygen atoms in total. The molecule has 0 amide bonds. The van der Waals surface area contributed by atoms with Crippen LogP contribution in [0.1, 0.15) is 11.6 Å². The maximum absolute atomic E-state index is 11.0. The fourth-order valence-corrected chi connectivity index (χ4v) is 3.02. The summed E-state index contributed by atoms with van der Waals surface area (Å²) in [5.74, 6) is -0.456. The number of carboxylic acids is 1. The highest BCUT2D eigenvalue weighted by Crippen LogP contribution is 2.57. The Bertz CT molecular complexity index is 451. The van der Waals surface area contributed by atoms with E-state index in [0.29, 0.717) is 5.02 Å². The normalized spacial score (nSPS) is 35.8. The third kappa shape index (κ3) is 1.33. The SMILES string of the molecule is O=C(O)C1C2CNC(c3cnccc3Cl)C21. The number of carbonyl (C=O) groups is 1. The average molecular weight is 239 g/mol. The molecule has 0 bridgehead atoms. The molecule has 1 aliphatic heterocycles. The van der Waals surface area contributed by atoms with E-state index in [0.717, 1.165) is 12.1 Å². The lowest BCUT2D eigenvalue weighted by Gasteiger charge is -2.15. The Balaban J connectivity index is 1.88. The van der Waals surface area contributed by atoms with Crippen LogP contribution in [-0.4, -0.2) is 22.6 Å². The number of fused-ring (bicyclic) bond motifs is 1. The van der Waals surface area contributed by atoms with E-state index in [9.17, 15) is 4.79 Å². The third-order valence-electron chi connectivity index (χ3n) is 3.60. The van der Waals surface area contributed by atoms with Crippen molar-refractivity contribution in [1.29, 1.82) is 0 Å². The van der Waals surface area contributed by atoms with E-state index in [4.69, 9.17) is 16.7 Å². The van der Waals surface area contributed by atoms with Gasteiger partial charge in [0.05, 0.1) is 5.92 Å². The van der Waals surface area contributed by atoms with Crippen molar-refractivity contribution in [3.05, 3.63) is 29.0 Å². The van der Waals surface area contributed by atoms with Crippen molar-refractivity contribution >= 4 is 17.6 Å². The van der Waals surface area contributed by atoms with Gasteiger partial charge in [-0.1, -0.05) is 11.6 Å². The van der Waals surface area contributed by atoms with Crippen LogP contribution in [-0.2, 0) is 4.79 Å². The molecule has 4 unspecified atom stereocenters. The zero-order valence-electron chi connectivity index (χ0n) is 8.43. The molecule has 1 aliphatic carbocycles. The van der Waals surface area contributed by atoms with Gasteiger partial charge in [0.1, 0.15) is 0 Å². The van der Waals surface area contributed by atoms with Crippen molar-refractivity contribution in [2.75, 3.05) is 6.54 Å². The summed E-state index contributed by atoms with van der Waals surface area (Å²) in [6.45, 7) is 0.761. The number of nitrogens with zero attached hydrogens (tertiary/aromatic N) is 1. The van der Waals surface area contributed by atoms with Crippen molar-refractivity contribution in [3.63, 3.8) is 0 Å². The van der Waals surface area contributed by atoms with Gasteiger partial charge < -0.3 is 10.4 Å². The first-order valence-corrected chi connectivity index (χ1v) is 5.63. The minimum Gasteiger partial charge on any atom is -0.481 e. The van der Waals surface area contributed by atoms with Gasteiger partial charge in [-0.15, -0.1) is 0 Å². The van der Waals surface area contributed by atoms with E-state index >= 15 is 0 Å². The maximum atomic E-state index is 11.0. The van der Waals surface area contributed by atoms with Crippen LogP contribution >= 0.6 is 11.6 Å². The monoisotopic (exact) mass is 238 g/mol. The predicted molar refractivity (Wildman–Crippen MR) is 58.1 cm³/mol. The van der Waals surface area contributed by atoms with Crippen molar-refractivity contribution < 1.29 is 9.90 Å². The molecule has 1 aromatic heterocycles. The smallest absolute Gasteiger partial charge is 0.307 e. The third-order valence-corrected chi connectivity index (χ3v) is 3.95. The number of hydrogen-bond acceptors (Lipinski definition) is 3. The van der Waals surface area contributed by atoms with E-state index in [1.807, 2.05) is 0 Å². The molecular weight excluding hydrogens is 228 g/mol. The Morgan fingerprint density at radius 1 is 1.62 bits per heavy atom. The molecule has 2 heterocycles. The number of pyridine rings is 1. The van der Waals surface area contributed by atoms with Gasteiger partial charge in [-0.25, -0.2) is 0 Å². The molecular formula is C11H11ClN2O2. The largest absolute Gasteiger partial charge is 0.481 e. The number of hydrogen-bond donors (Lipinski definition) is 2. The lowest BCUT2D eigenvalue weighted by atomic mass is 10.0. The van der Waals surface area contributed by atoms with Crippen molar-refractivity contribution in [1.82, 2.24) is 10.3 Å². The fourth-order valence-electron chi connectivity index (χ4n) is 2.80. The topological polar surface area (TPSA) is 62.2 Å². The lowest BCUT2D eigenvalue weighted by molar-refractivity contribution is -0.139. The first-order valence-electron chi connectivity index (χ1n) is 5.25. The van der Waals surface area contributed by atoms with Gasteiger partial charge in [0, 0.05) is 29.0 Å². The second-order valence-electron chi connectivity index (χ2n) is 4.39. The molecule has 0 aromatic carbocycles. The molecule has 1 aromatic rings. The molecule has 1 saturated carbocycles. The second kappa shape index (κ2) is 3.43. The first-order chi connectivity index (χ1) is 7.70. The number of rotatable bonds is 2. The van der Waals surface area contributed by atoms with Crippen LogP contribution in [0.5, 0.6) is 0 Å². The van der Waals surface area contributed by atoms with Crippen LogP contribution < -0.4 is 5.32 Å². The summed E-state index contributed by atoms with van der Waals surface area (Å²) in [5, 5.41) is 13.0. The summed E-state index contributed by atoms with van der Waals surface area (Å²) in [7, 11) is 0. The highest BCUT2D eigenvalue weighted by atomic mass is 35.5. The van der Waals surface area contributed by atoms with Crippen LogP contribution in [0.3, 0.4) is 0 Å². The van der Waals surface area contributed by atoms with Crippen LogP contribution in [0.2, 0.25) is 5.02 Å². The molecule has 4 atom stereocenters. The number of carboxylic acid groups (broad SMARTS) is 1. The standard InChI is InChI=1S/C11H11ClN2O2/c12-7-1-2-13-3-5(7)10-8-6(4-14-10)9(8)11(15)16/h1-3,6,8-10,14H,4H2,(H,15,16). The predicted octanol–water partition coefficient (Wildman–Crippen LogP) is 1.33. The van der Waals surface area contributed by atoms with Crippen molar-refractivity contribution in [2.24, 2.45) is 17.8 Å². The molecule has 2 aliphatic rings. The van der Waals surface area contributed by atoms with Gasteiger partial charge in [-0.3, -0.25) is 9.78 Å². The van der Waals surface area contributed by atoms with E-state index in [2.05, 4.69) is 10.3 Å². The Hall–Kier alpha value is -1.13. The van der Waals surface area contributed by atoms with E-state index in [1.165, 1.54) is 0 Å². The zero-order chi connectivity index (χ0) is 11.3. The summed E-state index contributed by atoms with van der Waals surface area (Å²) < 4.78 is 0. The number of aromatic nitrogens is 1. The summed E-state index contributed by atoms with van der Waals surface area (Å²) in [6.07, 6.45) is 3.36. The van der Waals surface area contributed by atoms with Crippen LogP contribution in [0.4, 0.5) is 0 Å². The van der Waals surface area contributed by atoms with E-state index in [-0.39, 0.29) is 23.8 Å². The lowest BCUT2D eigenvalue weighted by Crippen LogP contribution is -2.23. The molecule has 0 spiro atoms. The maximum Gasteiger partial charge on any atom is 0.307 e. The number of piperidine rings is 1. The van der Waals surface area contributed by atoms with Crippen LogP contribution in [0.25, 0.3) is 0 Å². The summed E-state index contributed by atoms with van der Waals surface area (Å²) in [5.41, 5.74) is 0.917. The summed E-state index contributed by atoms with van der Waals surface area (Å²) >= 11 is 6.09. The summed E-state index contributed by atoms with van der Waals surface area (Å²) in [6, 6.07) is 1.79. The van der Waals surface area contributed by atoms with Crippen LogP contribution in [0, 0.1) is 17.8 Å². The van der Waals surface area contributed by atoms with Gasteiger partial charge in [0.15, 0.2) is 0 Å². The highest BCUT2D eigenvalue weighted by molar-refractivity contribution is 6.31. The molecule has 2 fully saturated rings. The Morgan fingerprint density at radius 3 is 3.06 bits per heavy atom. The number of aliphatic carboxylic acids is 1. The van der Waals surface area contributed by atoms with E-state index in [1.54, 1.807) is 18.5 Å². The highest BCUT2D eigenvalue weighted by Gasteiger charge is 2.62. The van der Waals surface area contributed by atoms with Gasteiger partial charge >= 0.3 is 5.97 Å². The Morgan fingerprint density at radius 2 is 2.44 bits per heavy atom. The van der Waals surface area contributed by atoms with Crippen molar-refractivity contribution in [3.8, 4) is 0 Å². The van der Waals surface area contributed by atoms with Crippen molar-refractivity contribution in [2.45, 2.75) is 6.04 Å². The van der Waals surface area contributed by atoms with Gasteiger partial charge in [0.2, 0.25) is 0 Å². The number of halogens is 1. The quantitative estimate of drug-likeness (QED) is 0.816. The van der Waals surface area contributed by atoms with Gasteiger partial charge in [-0.05, 0) is 24.4 Å². The van der Waals surface area contributed by atoms with E-state index < -0.39 is 5.97 Å². The molecule has 16 heavy (non-hydrogen) atoms. The number of nitrogens with one attached hydrogen (secondary N) is 1. The molecule has 2 N–H and O–H groups in total.